The van der Waals surface area contributed by atoms with E-state index in [1.807, 2.05) is 27.7 Å². The van der Waals surface area contributed by atoms with Gasteiger partial charge in [-0.25, -0.2) is 0 Å². The summed E-state index contributed by atoms with van der Waals surface area (Å²) in [4.78, 5) is 0. The molecule has 0 saturated carbocycles. The van der Waals surface area contributed by atoms with Gasteiger partial charge in [-0.05, 0) is 34.1 Å². The average molecular weight is 156 g/mol. The van der Waals surface area contributed by atoms with Crippen LogP contribution in [-0.4, -0.2) is 11.1 Å². The predicted octanol–water partition coefficient (Wildman–Crippen LogP) is 1.41. The van der Waals surface area contributed by atoms with Crippen LogP contribution >= 0.6 is 0 Å². The van der Waals surface area contributed by atoms with Gasteiger partial charge >= 0.3 is 0 Å². The molecule has 0 spiro atoms. The normalized spacial score (nSPS) is 17.6. The molecule has 0 aromatic carbocycles. The van der Waals surface area contributed by atoms with Crippen LogP contribution in [0.3, 0.4) is 0 Å². The topological polar surface area (TPSA) is 52.0 Å². The average Bonchev–Trinajstić information content (AvgIpc) is 1.56. The van der Waals surface area contributed by atoms with Gasteiger partial charge in [-0.1, -0.05) is 12.2 Å². The van der Waals surface area contributed by atoms with Gasteiger partial charge in [0.15, 0.2) is 0 Å². The minimum absolute atomic E-state index is 0.220. The van der Waals surface area contributed by atoms with Crippen LogP contribution in [0.5, 0.6) is 0 Å². The van der Waals surface area contributed by atoms with Crippen LogP contribution in [0.1, 0.15) is 34.1 Å². The third-order valence-corrected chi connectivity index (χ3v) is 1.80. The molecule has 2 heteroatoms. The van der Waals surface area contributed by atoms with Crippen LogP contribution in [0.25, 0.3) is 0 Å². The Morgan fingerprint density at radius 3 is 1.73 bits per heavy atom. The first kappa shape index (κ1) is 10.7. The van der Waals surface area contributed by atoms with E-state index < -0.39 is 0 Å². The Kier molecular flexibility index (Phi) is 2.86. The van der Waals surface area contributed by atoms with Crippen molar-refractivity contribution in [2.75, 3.05) is 0 Å². The van der Waals surface area contributed by atoms with Crippen molar-refractivity contribution in [1.82, 2.24) is 0 Å². The van der Waals surface area contributed by atoms with E-state index in [9.17, 15) is 0 Å². The lowest BCUT2D eigenvalue weighted by molar-refractivity contribution is 0.368. The summed E-state index contributed by atoms with van der Waals surface area (Å²) in [5, 5.41) is 0. The minimum atomic E-state index is -0.335. The first-order valence-corrected chi connectivity index (χ1v) is 3.89. The van der Waals surface area contributed by atoms with Crippen molar-refractivity contribution in [3.05, 3.63) is 12.2 Å². The third-order valence-electron chi connectivity index (χ3n) is 1.80. The van der Waals surface area contributed by atoms with Crippen molar-refractivity contribution < 1.29 is 0 Å². The van der Waals surface area contributed by atoms with Gasteiger partial charge in [0.25, 0.3) is 0 Å². The molecule has 0 amide bonds. The molecule has 4 N–H and O–H groups in total. The fraction of sp³-hybridized carbons (Fsp3) is 0.778. The summed E-state index contributed by atoms with van der Waals surface area (Å²) in [7, 11) is 0. The molecule has 0 fully saturated rings. The maximum Gasteiger partial charge on any atom is 0.0352 e. The van der Waals surface area contributed by atoms with E-state index in [0.29, 0.717) is 0 Å². The van der Waals surface area contributed by atoms with E-state index in [-0.39, 0.29) is 11.1 Å². The zero-order valence-corrected chi connectivity index (χ0v) is 8.07. The Labute approximate surface area is 69.6 Å². The Bertz CT molecular complexity index is 151. The third kappa shape index (κ3) is 4.17. The van der Waals surface area contributed by atoms with Gasteiger partial charge in [0, 0.05) is 11.1 Å². The minimum Gasteiger partial charge on any atom is -0.325 e. The van der Waals surface area contributed by atoms with Crippen molar-refractivity contribution in [1.29, 1.82) is 0 Å². The second-order valence-electron chi connectivity index (χ2n) is 4.36. The van der Waals surface area contributed by atoms with E-state index in [1.54, 1.807) is 0 Å². The van der Waals surface area contributed by atoms with Crippen molar-refractivity contribution >= 4 is 0 Å². The van der Waals surface area contributed by atoms with Crippen LogP contribution in [0, 0.1) is 0 Å². The molecule has 0 saturated heterocycles. The molecule has 1 atom stereocenters. The molecule has 1 unspecified atom stereocenters. The fourth-order valence-corrected chi connectivity index (χ4v) is 1.10. The zero-order chi connectivity index (χ0) is 9.28. The van der Waals surface area contributed by atoms with Crippen LogP contribution in [0.2, 0.25) is 0 Å². The van der Waals surface area contributed by atoms with E-state index in [0.717, 1.165) is 12.0 Å². The van der Waals surface area contributed by atoms with Gasteiger partial charge in [-0.3, -0.25) is 0 Å². The quantitative estimate of drug-likeness (QED) is 0.607. The Balaban J connectivity index is 4.25. The predicted molar refractivity (Wildman–Crippen MR) is 50.3 cm³/mol. The smallest absolute Gasteiger partial charge is 0.0352 e. The molecule has 66 valence electrons. The van der Waals surface area contributed by atoms with Gasteiger partial charge in [0.2, 0.25) is 0 Å². The van der Waals surface area contributed by atoms with E-state index >= 15 is 0 Å². The molecule has 0 aliphatic heterocycles. The molecule has 0 rings (SSSR count). The Morgan fingerprint density at radius 2 is 1.64 bits per heavy atom. The van der Waals surface area contributed by atoms with Gasteiger partial charge in [0.1, 0.15) is 0 Å². The molecule has 11 heavy (non-hydrogen) atoms. The van der Waals surface area contributed by atoms with Crippen molar-refractivity contribution in [3.8, 4) is 0 Å². The highest BCUT2D eigenvalue weighted by Gasteiger charge is 2.26. The molecule has 0 aliphatic rings. The van der Waals surface area contributed by atoms with Gasteiger partial charge < -0.3 is 11.5 Å². The van der Waals surface area contributed by atoms with Gasteiger partial charge in [-0.15, -0.1) is 0 Å². The first-order valence-electron chi connectivity index (χ1n) is 3.89. The summed E-state index contributed by atoms with van der Waals surface area (Å²) in [5.41, 5.74) is 12.2. The highest BCUT2D eigenvalue weighted by atomic mass is 14.8. The summed E-state index contributed by atoms with van der Waals surface area (Å²) >= 11 is 0. The Morgan fingerprint density at radius 1 is 1.27 bits per heavy atom. The second-order valence-corrected chi connectivity index (χ2v) is 4.36. The van der Waals surface area contributed by atoms with Crippen molar-refractivity contribution in [3.63, 3.8) is 0 Å². The number of hydrogen-bond donors (Lipinski definition) is 2. The summed E-state index contributed by atoms with van der Waals surface area (Å²) < 4.78 is 0. The largest absolute Gasteiger partial charge is 0.325 e. The maximum absolute atomic E-state index is 5.97. The standard InChI is InChI=1S/C9H20N2/c1-7(2)9(5,11)6-8(3,4)10/h1,6,10-11H2,2-5H3. The Hall–Kier alpha value is -0.340. The van der Waals surface area contributed by atoms with Crippen molar-refractivity contribution in [2.45, 2.75) is 45.2 Å². The number of rotatable bonds is 3. The lowest BCUT2D eigenvalue weighted by Crippen LogP contribution is -2.47. The summed E-state index contributed by atoms with van der Waals surface area (Å²) in [6, 6.07) is 0. The monoisotopic (exact) mass is 156 g/mol. The molecular formula is C9H20N2. The van der Waals surface area contributed by atoms with Crippen LogP contribution in [0.4, 0.5) is 0 Å². The van der Waals surface area contributed by atoms with E-state index in [4.69, 9.17) is 11.5 Å². The van der Waals surface area contributed by atoms with Gasteiger partial charge in [0.05, 0.1) is 0 Å². The number of hydrogen-bond acceptors (Lipinski definition) is 2. The lowest BCUT2D eigenvalue weighted by atomic mass is 9.83. The SMILES string of the molecule is C=C(C)C(C)(N)CC(C)(C)N. The zero-order valence-electron chi connectivity index (χ0n) is 8.07. The van der Waals surface area contributed by atoms with Crippen LogP contribution < -0.4 is 11.5 Å². The highest BCUT2D eigenvalue weighted by Crippen LogP contribution is 2.21. The van der Waals surface area contributed by atoms with Gasteiger partial charge in [-0.2, -0.15) is 0 Å². The summed E-state index contributed by atoms with van der Waals surface area (Å²) in [5.74, 6) is 0. The van der Waals surface area contributed by atoms with Crippen LogP contribution in [-0.2, 0) is 0 Å². The fourth-order valence-electron chi connectivity index (χ4n) is 1.10. The lowest BCUT2D eigenvalue weighted by Gasteiger charge is -2.32. The molecular weight excluding hydrogens is 136 g/mol. The van der Waals surface area contributed by atoms with E-state index in [2.05, 4.69) is 6.58 Å². The molecule has 0 heterocycles. The molecule has 0 radical (unpaired) electrons. The van der Waals surface area contributed by atoms with Crippen LogP contribution in [0.15, 0.2) is 12.2 Å². The van der Waals surface area contributed by atoms with E-state index in [1.165, 1.54) is 0 Å². The summed E-state index contributed by atoms with van der Waals surface area (Å²) in [6.45, 7) is 11.7. The van der Waals surface area contributed by atoms with Crippen molar-refractivity contribution in [2.24, 2.45) is 11.5 Å². The molecule has 0 aromatic rings. The summed E-state index contributed by atoms with van der Waals surface area (Å²) in [6.07, 6.45) is 0.759. The molecule has 0 aliphatic carbocycles. The number of nitrogens with two attached hydrogens (primary N) is 2. The molecule has 0 aromatic heterocycles. The second kappa shape index (κ2) is 2.95. The maximum atomic E-state index is 5.97. The molecule has 0 bridgehead atoms. The first-order chi connectivity index (χ1) is 4.65. The molecule has 2 nitrogen and oxygen atoms in total. The highest BCUT2D eigenvalue weighted by molar-refractivity contribution is 5.12.